The Morgan fingerprint density at radius 1 is 1.05 bits per heavy atom. The van der Waals surface area contributed by atoms with E-state index in [1.54, 1.807) is 12.1 Å². The summed E-state index contributed by atoms with van der Waals surface area (Å²) in [6.07, 6.45) is 1.01. The number of aromatic amines is 1. The number of para-hydroxylation sites is 1. The van der Waals surface area contributed by atoms with Gasteiger partial charge < -0.3 is 10.3 Å². The highest BCUT2D eigenvalue weighted by Crippen LogP contribution is 2.33. The molecule has 0 radical (unpaired) electrons. The lowest BCUT2D eigenvalue weighted by atomic mass is 9.94. The van der Waals surface area contributed by atoms with Crippen molar-refractivity contribution in [2.45, 2.75) is 12.5 Å². The molecule has 4 heteroatoms. The third-order valence-corrected chi connectivity index (χ3v) is 4.04. The fourth-order valence-corrected chi connectivity index (χ4v) is 3.15. The molecule has 4 rings (SSSR count). The standard InChI is InChI=1S/C17H15FN2.ClH/c18-12-5-3-4-11(10-12)16-17-14(8-9-19-16)13-6-1-2-7-15(13)20-17;/h1-7,10,16,19-20H,8-9H2;1H. The predicted octanol–water partition coefficient (Wildman–Crippen LogP) is 3.96. The summed E-state index contributed by atoms with van der Waals surface area (Å²) >= 11 is 0. The average Bonchev–Trinajstić information content (AvgIpc) is 2.86. The first-order valence-electron chi connectivity index (χ1n) is 6.91. The number of halogens is 2. The van der Waals surface area contributed by atoms with Crippen molar-refractivity contribution >= 4 is 23.3 Å². The fourth-order valence-electron chi connectivity index (χ4n) is 3.15. The SMILES string of the molecule is Cl.Fc1cccc(C2NCCc3c2[nH]c2ccccc32)c1. The molecule has 1 aliphatic heterocycles. The summed E-state index contributed by atoms with van der Waals surface area (Å²) in [5, 5.41) is 4.76. The van der Waals surface area contributed by atoms with E-state index >= 15 is 0 Å². The van der Waals surface area contributed by atoms with Gasteiger partial charge in [0.15, 0.2) is 0 Å². The smallest absolute Gasteiger partial charge is 0.123 e. The van der Waals surface area contributed by atoms with Crippen LogP contribution in [0.4, 0.5) is 4.39 Å². The van der Waals surface area contributed by atoms with Gasteiger partial charge in [-0.1, -0.05) is 30.3 Å². The maximum Gasteiger partial charge on any atom is 0.123 e. The normalized spacial score (nSPS) is 17.3. The predicted molar refractivity (Wildman–Crippen MR) is 85.5 cm³/mol. The van der Waals surface area contributed by atoms with Crippen molar-refractivity contribution in [3.05, 3.63) is 71.2 Å². The lowest BCUT2D eigenvalue weighted by molar-refractivity contribution is 0.553. The summed E-state index contributed by atoms with van der Waals surface area (Å²) in [5.74, 6) is -0.187. The fraction of sp³-hybridized carbons (Fsp3) is 0.176. The summed E-state index contributed by atoms with van der Waals surface area (Å²) in [4.78, 5) is 3.50. The largest absolute Gasteiger partial charge is 0.357 e. The second-order valence-corrected chi connectivity index (χ2v) is 5.25. The third kappa shape index (κ3) is 2.33. The summed E-state index contributed by atoms with van der Waals surface area (Å²) in [6, 6.07) is 15.2. The summed E-state index contributed by atoms with van der Waals surface area (Å²) in [5.41, 5.74) is 4.65. The van der Waals surface area contributed by atoms with E-state index in [9.17, 15) is 4.39 Å². The summed E-state index contributed by atoms with van der Waals surface area (Å²) in [7, 11) is 0. The Bertz CT molecular complexity index is 781. The maximum atomic E-state index is 13.5. The molecule has 0 spiro atoms. The molecule has 2 heterocycles. The van der Waals surface area contributed by atoms with Gasteiger partial charge in [0.2, 0.25) is 0 Å². The molecule has 0 fully saturated rings. The second-order valence-electron chi connectivity index (χ2n) is 5.25. The molecule has 2 nitrogen and oxygen atoms in total. The third-order valence-electron chi connectivity index (χ3n) is 4.04. The Kier molecular flexibility index (Phi) is 3.70. The number of aromatic nitrogens is 1. The molecule has 21 heavy (non-hydrogen) atoms. The number of rotatable bonds is 1. The number of hydrogen-bond donors (Lipinski definition) is 2. The van der Waals surface area contributed by atoms with Crippen LogP contribution >= 0.6 is 12.4 Å². The molecular weight excluding hydrogens is 287 g/mol. The number of hydrogen-bond acceptors (Lipinski definition) is 1. The molecule has 2 aromatic carbocycles. The van der Waals surface area contributed by atoms with Crippen LogP contribution in [0.15, 0.2) is 48.5 Å². The van der Waals surface area contributed by atoms with E-state index < -0.39 is 0 Å². The van der Waals surface area contributed by atoms with Gasteiger partial charge in [-0.25, -0.2) is 4.39 Å². The lowest BCUT2D eigenvalue weighted by Crippen LogP contribution is -2.30. The van der Waals surface area contributed by atoms with Gasteiger partial charge in [0.1, 0.15) is 5.82 Å². The minimum absolute atomic E-state index is 0. The number of nitrogens with one attached hydrogen (secondary N) is 2. The molecule has 1 aliphatic rings. The molecule has 108 valence electrons. The first-order chi connectivity index (χ1) is 9.83. The average molecular weight is 303 g/mol. The van der Waals surface area contributed by atoms with Crippen LogP contribution in [-0.4, -0.2) is 11.5 Å². The summed E-state index contributed by atoms with van der Waals surface area (Å²) in [6.45, 7) is 0.913. The highest BCUT2D eigenvalue weighted by molar-refractivity contribution is 5.85. The first kappa shape index (κ1) is 14.1. The van der Waals surface area contributed by atoms with E-state index in [1.807, 2.05) is 12.1 Å². The topological polar surface area (TPSA) is 27.8 Å². The summed E-state index contributed by atoms with van der Waals surface area (Å²) < 4.78 is 13.5. The van der Waals surface area contributed by atoms with Crippen molar-refractivity contribution in [1.82, 2.24) is 10.3 Å². The molecule has 2 N–H and O–H groups in total. The van der Waals surface area contributed by atoms with Gasteiger partial charge in [-0.3, -0.25) is 0 Å². The molecule has 3 aromatic rings. The molecule has 0 amide bonds. The van der Waals surface area contributed by atoms with E-state index in [0.717, 1.165) is 24.0 Å². The van der Waals surface area contributed by atoms with Gasteiger partial charge in [0, 0.05) is 23.1 Å². The van der Waals surface area contributed by atoms with Crippen molar-refractivity contribution in [3.63, 3.8) is 0 Å². The Morgan fingerprint density at radius 2 is 1.90 bits per heavy atom. The van der Waals surface area contributed by atoms with E-state index in [1.165, 1.54) is 22.7 Å². The van der Waals surface area contributed by atoms with Crippen LogP contribution in [0, 0.1) is 5.82 Å². The Balaban J connectivity index is 0.00000132. The van der Waals surface area contributed by atoms with E-state index in [0.29, 0.717) is 0 Å². The van der Waals surface area contributed by atoms with Crippen molar-refractivity contribution in [1.29, 1.82) is 0 Å². The van der Waals surface area contributed by atoms with Crippen LogP contribution in [0.5, 0.6) is 0 Å². The first-order valence-corrected chi connectivity index (χ1v) is 6.91. The van der Waals surface area contributed by atoms with Gasteiger partial charge >= 0.3 is 0 Å². The maximum absolute atomic E-state index is 13.5. The second kappa shape index (κ2) is 5.51. The van der Waals surface area contributed by atoms with E-state index in [-0.39, 0.29) is 24.3 Å². The van der Waals surface area contributed by atoms with Crippen molar-refractivity contribution < 1.29 is 4.39 Å². The lowest BCUT2D eigenvalue weighted by Gasteiger charge is -2.24. The van der Waals surface area contributed by atoms with Gasteiger partial charge in [-0.05, 0) is 35.7 Å². The van der Waals surface area contributed by atoms with Crippen molar-refractivity contribution in [2.24, 2.45) is 0 Å². The highest BCUT2D eigenvalue weighted by atomic mass is 35.5. The van der Waals surface area contributed by atoms with Crippen LogP contribution < -0.4 is 5.32 Å². The van der Waals surface area contributed by atoms with Crippen LogP contribution in [0.1, 0.15) is 22.9 Å². The van der Waals surface area contributed by atoms with Crippen LogP contribution in [0.3, 0.4) is 0 Å². The van der Waals surface area contributed by atoms with Gasteiger partial charge in [-0.2, -0.15) is 0 Å². The molecule has 1 atom stereocenters. The number of benzene rings is 2. The molecule has 0 saturated heterocycles. The molecule has 1 unspecified atom stereocenters. The van der Waals surface area contributed by atoms with Crippen LogP contribution in [0.2, 0.25) is 0 Å². The quantitative estimate of drug-likeness (QED) is 0.699. The van der Waals surface area contributed by atoms with E-state index in [4.69, 9.17) is 0 Å². The number of H-pyrrole nitrogens is 1. The van der Waals surface area contributed by atoms with Crippen LogP contribution in [0.25, 0.3) is 10.9 Å². The van der Waals surface area contributed by atoms with Gasteiger partial charge in [0.05, 0.1) is 6.04 Å². The Morgan fingerprint density at radius 3 is 2.76 bits per heavy atom. The van der Waals surface area contributed by atoms with Crippen molar-refractivity contribution in [3.8, 4) is 0 Å². The van der Waals surface area contributed by atoms with Crippen LogP contribution in [-0.2, 0) is 6.42 Å². The number of fused-ring (bicyclic) bond motifs is 3. The highest BCUT2D eigenvalue weighted by Gasteiger charge is 2.25. The minimum Gasteiger partial charge on any atom is -0.357 e. The molecule has 0 aliphatic carbocycles. The van der Waals surface area contributed by atoms with Gasteiger partial charge in [-0.15, -0.1) is 12.4 Å². The molecule has 1 aromatic heterocycles. The Labute approximate surface area is 128 Å². The molecule has 0 bridgehead atoms. The molecule has 0 saturated carbocycles. The van der Waals surface area contributed by atoms with Gasteiger partial charge in [0.25, 0.3) is 0 Å². The minimum atomic E-state index is -0.187. The zero-order chi connectivity index (χ0) is 13.5. The monoisotopic (exact) mass is 302 g/mol. The zero-order valence-electron chi connectivity index (χ0n) is 11.4. The van der Waals surface area contributed by atoms with E-state index in [2.05, 4.69) is 28.5 Å². The van der Waals surface area contributed by atoms with Crippen molar-refractivity contribution in [2.75, 3.05) is 6.54 Å². The zero-order valence-corrected chi connectivity index (χ0v) is 12.2. The Hall–Kier alpha value is -1.84. The molecular formula is C17H16ClFN2.